The first-order chi connectivity index (χ1) is 12.6. The Hall–Kier alpha value is -3.22. The van der Waals surface area contributed by atoms with Gasteiger partial charge in [0, 0.05) is 43.2 Å². The number of benzene rings is 1. The van der Waals surface area contributed by atoms with Crippen LogP contribution in [0.25, 0.3) is 11.3 Å². The van der Waals surface area contributed by atoms with E-state index in [1.165, 1.54) is 17.0 Å². The lowest BCUT2D eigenvalue weighted by molar-refractivity contribution is 0.0803. The zero-order valence-corrected chi connectivity index (χ0v) is 13.9. The molecule has 1 fully saturated rings. The topological polar surface area (TPSA) is 71.2 Å². The van der Waals surface area contributed by atoms with Crippen molar-refractivity contribution in [2.75, 3.05) is 13.1 Å². The molecular weight excluding hydrogens is 335 g/mol. The van der Waals surface area contributed by atoms with Crippen LogP contribution in [0.15, 0.2) is 54.9 Å². The number of nitrogens with zero attached hydrogens (tertiary/aromatic N) is 4. The van der Waals surface area contributed by atoms with E-state index in [9.17, 15) is 9.18 Å². The van der Waals surface area contributed by atoms with Crippen LogP contribution >= 0.6 is 0 Å². The minimum atomic E-state index is -0.914. The molecule has 3 heterocycles. The average Bonchev–Trinajstić information content (AvgIpc) is 3.00. The van der Waals surface area contributed by atoms with Crippen molar-refractivity contribution in [3.8, 4) is 11.3 Å². The van der Waals surface area contributed by atoms with Gasteiger partial charge in [0.1, 0.15) is 5.82 Å². The zero-order chi connectivity index (χ0) is 18.1. The number of likely N-dealkylation sites (tertiary alicyclic amines) is 1. The molecule has 0 unspecified atom stereocenters. The number of hydrogen-bond donors (Lipinski definition) is 1. The predicted molar refractivity (Wildman–Crippen MR) is 93.3 cm³/mol. The molecule has 3 aromatic rings. The largest absolute Gasteiger partial charge is 0.465 e. The van der Waals surface area contributed by atoms with Crippen LogP contribution in [-0.2, 0) is 6.42 Å². The molecule has 1 aliphatic rings. The Labute approximate surface area is 149 Å². The van der Waals surface area contributed by atoms with Crippen LogP contribution in [0.2, 0.25) is 0 Å². The van der Waals surface area contributed by atoms with E-state index in [1.807, 2.05) is 22.9 Å². The van der Waals surface area contributed by atoms with Crippen molar-refractivity contribution in [1.82, 2.24) is 19.7 Å². The van der Waals surface area contributed by atoms with E-state index in [-0.39, 0.29) is 11.9 Å². The highest BCUT2D eigenvalue weighted by molar-refractivity contribution is 5.66. The highest BCUT2D eigenvalue weighted by atomic mass is 19.1. The lowest BCUT2D eigenvalue weighted by atomic mass is 10.1. The Balaban J connectivity index is 1.65. The van der Waals surface area contributed by atoms with Crippen molar-refractivity contribution < 1.29 is 14.3 Å². The van der Waals surface area contributed by atoms with Gasteiger partial charge in [-0.25, -0.2) is 9.18 Å². The number of halogens is 1. The normalized spacial score (nSPS) is 14.3. The number of rotatable bonds is 4. The maximum Gasteiger partial charge on any atom is 0.407 e. The molecule has 26 heavy (non-hydrogen) atoms. The third-order valence-electron chi connectivity index (χ3n) is 4.57. The molecule has 1 N–H and O–H groups in total. The summed E-state index contributed by atoms with van der Waals surface area (Å²) < 4.78 is 15.1. The molecule has 1 saturated heterocycles. The van der Waals surface area contributed by atoms with Crippen LogP contribution in [-0.4, -0.2) is 44.0 Å². The van der Waals surface area contributed by atoms with Gasteiger partial charge in [0.25, 0.3) is 0 Å². The van der Waals surface area contributed by atoms with Crippen molar-refractivity contribution >= 4 is 6.09 Å². The Morgan fingerprint density at radius 3 is 2.50 bits per heavy atom. The standard InChI is InChI=1S/C19H17FN4O2/c20-15-3-1-13(2-4-15)9-16-10-18(14-5-7-21-8-6-14)22-24(16)17-11-23(12-17)19(25)26/h1-8,10,17H,9,11-12H2,(H,25,26). The van der Waals surface area contributed by atoms with Gasteiger partial charge in [-0.2, -0.15) is 5.10 Å². The second kappa shape index (κ2) is 6.59. The summed E-state index contributed by atoms with van der Waals surface area (Å²) in [6, 6.07) is 12.2. The van der Waals surface area contributed by atoms with Gasteiger partial charge in [0.05, 0.1) is 11.7 Å². The molecule has 7 heteroatoms. The van der Waals surface area contributed by atoms with Crippen LogP contribution in [0.5, 0.6) is 0 Å². The molecule has 1 aliphatic heterocycles. The smallest absolute Gasteiger partial charge is 0.407 e. The maximum atomic E-state index is 13.2. The van der Waals surface area contributed by atoms with Crippen molar-refractivity contribution in [2.45, 2.75) is 12.5 Å². The molecule has 0 atom stereocenters. The first kappa shape index (κ1) is 16.3. The second-order valence-corrected chi connectivity index (χ2v) is 6.35. The number of hydrogen-bond acceptors (Lipinski definition) is 3. The van der Waals surface area contributed by atoms with Crippen LogP contribution in [0.1, 0.15) is 17.3 Å². The van der Waals surface area contributed by atoms with Crippen LogP contribution in [0, 0.1) is 5.82 Å². The Kier molecular flexibility index (Phi) is 4.12. The fraction of sp³-hybridized carbons (Fsp3) is 0.211. The van der Waals surface area contributed by atoms with E-state index in [2.05, 4.69) is 4.98 Å². The van der Waals surface area contributed by atoms with Crippen LogP contribution < -0.4 is 0 Å². The summed E-state index contributed by atoms with van der Waals surface area (Å²) >= 11 is 0. The SMILES string of the molecule is O=C(O)N1CC(n2nc(-c3ccncc3)cc2Cc2ccc(F)cc2)C1. The molecular formula is C19H17FN4O2. The van der Waals surface area contributed by atoms with Gasteiger partial charge >= 0.3 is 6.09 Å². The third kappa shape index (κ3) is 3.15. The van der Waals surface area contributed by atoms with E-state index in [0.29, 0.717) is 19.5 Å². The highest BCUT2D eigenvalue weighted by Gasteiger charge is 2.33. The first-order valence-corrected chi connectivity index (χ1v) is 8.31. The molecule has 0 spiro atoms. The fourth-order valence-corrected chi connectivity index (χ4v) is 3.12. The predicted octanol–water partition coefficient (Wildman–Crippen LogP) is 3.21. The van der Waals surface area contributed by atoms with Gasteiger partial charge in [0.2, 0.25) is 0 Å². The number of aromatic nitrogens is 3. The maximum absolute atomic E-state index is 13.2. The van der Waals surface area contributed by atoms with Crippen LogP contribution in [0.4, 0.5) is 9.18 Å². The molecule has 4 rings (SSSR count). The minimum Gasteiger partial charge on any atom is -0.465 e. The van der Waals surface area contributed by atoms with E-state index in [0.717, 1.165) is 22.5 Å². The minimum absolute atomic E-state index is 0.0112. The third-order valence-corrected chi connectivity index (χ3v) is 4.57. The van der Waals surface area contributed by atoms with Crippen molar-refractivity contribution in [1.29, 1.82) is 0 Å². The number of amides is 1. The van der Waals surface area contributed by atoms with Gasteiger partial charge in [0.15, 0.2) is 0 Å². The Morgan fingerprint density at radius 1 is 1.15 bits per heavy atom. The van der Waals surface area contributed by atoms with E-state index >= 15 is 0 Å². The summed E-state index contributed by atoms with van der Waals surface area (Å²) in [6.45, 7) is 0.840. The number of pyridine rings is 1. The summed E-state index contributed by atoms with van der Waals surface area (Å²) in [5, 5.41) is 13.8. The molecule has 132 valence electrons. The highest BCUT2D eigenvalue weighted by Crippen LogP contribution is 2.27. The van der Waals surface area contributed by atoms with Gasteiger partial charge in [-0.15, -0.1) is 0 Å². The van der Waals surface area contributed by atoms with E-state index in [1.54, 1.807) is 24.5 Å². The van der Waals surface area contributed by atoms with Gasteiger partial charge in [-0.3, -0.25) is 9.67 Å². The molecule has 6 nitrogen and oxygen atoms in total. The lowest BCUT2D eigenvalue weighted by Crippen LogP contribution is -2.50. The molecule has 0 saturated carbocycles. The Bertz CT molecular complexity index is 918. The van der Waals surface area contributed by atoms with E-state index < -0.39 is 6.09 Å². The lowest BCUT2D eigenvalue weighted by Gasteiger charge is -2.37. The quantitative estimate of drug-likeness (QED) is 0.783. The van der Waals surface area contributed by atoms with Gasteiger partial charge in [-0.1, -0.05) is 12.1 Å². The molecule has 0 radical (unpaired) electrons. The monoisotopic (exact) mass is 352 g/mol. The number of carboxylic acid groups (broad SMARTS) is 1. The van der Waals surface area contributed by atoms with Gasteiger partial charge in [-0.05, 0) is 35.9 Å². The summed E-state index contributed by atoms with van der Waals surface area (Å²) in [5.74, 6) is -0.268. The Morgan fingerprint density at radius 2 is 1.85 bits per heavy atom. The summed E-state index contributed by atoms with van der Waals surface area (Å²) in [7, 11) is 0. The van der Waals surface area contributed by atoms with Gasteiger partial charge < -0.3 is 10.0 Å². The summed E-state index contributed by atoms with van der Waals surface area (Å²) in [4.78, 5) is 16.4. The molecule has 2 aromatic heterocycles. The van der Waals surface area contributed by atoms with Crippen molar-refractivity contribution in [3.05, 3.63) is 71.9 Å². The molecule has 1 aromatic carbocycles. The van der Waals surface area contributed by atoms with E-state index in [4.69, 9.17) is 10.2 Å². The summed E-state index contributed by atoms with van der Waals surface area (Å²) in [6.07, 6.45) is 3.11. The zero-order valence-electron chi connectivity index (χ0n) is 13.9. The van der Waals surface area contributed by atoms with Crippen molar-refractivity contribution in [3.63, 3.8) is 0 Å². The first-order valence-electron chi connectivity index (χ1n) is 8.31. The molecule has 1 amide bonds. The fourth-order valence-electron chi connectivity index (χ4n) is 3.12. The number of carbonyl (C=O) groups is 1. The average molecular weight is 352 g/mol. The molecule has 0 aliphatic carbocycles. The second-order valence-electron chi connectivity index (χ2n) is 6.35. The summed E-state index contributed by atoms with van der Waals surface area (Å²) in [5.41, 5.74) is 3.72. The molecule has 0 bridgehead atoms. The van der Waals surface area contributed by atoms with Crippen LogP contribution in [0.3, 0.4) is 0 Å². The van der Waals surface area contributed by atoms with Crippen molar-refractivity contribution in [2.24, 2.45) is 0 Å².